The first kappa shape index (κ1) is 19.1. The molecular weight excluding hydrogens is 434 g/mol. The van der Waals surface area contributed by atoms with Crippen LogP contribution in [0.1, 0.15) is 26.5 Å². The van der Waals surface area contributed by atoms with E-state index < -0.39 is 5.97 Å². The number of ketones is 1. The standard InChI is InChI=1S/C23H16BrNO4/c1-14-6-11-22(29-14)20-12-18(17-4-2-3-5-19(17)25-20)23(27)28-13-21(26)15-7-9-16(24)10-8-15/h2-12H,13H2,1H3. The number of Topliss-reactive ketones (excluding diaryl/α,β-unsaturated/α-hetero) is 1. The number of carbonyl (C=O) groups is 2. The Bertz CT molecular complexity index is 1210. The molecule has 0 spiro atoms. The van der Waals surface area contributed by atoms with Gasteiger partial charge in [-0.25, -0.2) is 9.78 Å². The van der Waals surface area contributed by atoms with Gasteiger partial charge in [-0.2, -0.15) is 0 Å². The predicted molar refractivity (Wildman–Crippen MR) is 113 cm³/mol. The van der Waals surface area contributed by atoms with Crippen LogP contribution >= 0.6 is 15.9 Å². The lowest BCUT2D eigenvalue weighted by Crippen LogP contribution is -2.15. The normalized spacial score (nSPS) is 10.8. The van der Waals surface area contributed by atoms with Crippen molar-refractivity contribution >= 4 is 38.6 Å². The van der Waals surface area contributed by atoms with Crippen molar-refractivity contribution in [1.82, 2.24) is 4.98 Å². The zero-order valence-corrected chi connectivity index (χ0v) is 17.1. The van der Waals surface area contributed by atoms with Crippen LogP contribution in [0.5, 0.6) is 0 Å². The van der Waals surface area contributed by atoms with E-state index in [-0.39, 0.29) is 12.4 Å². The van der Waals surface area contributed by atoms with Crippen LogP contribution in [0, 0.1) is 6.92 Å². The number of halogens is 1. The van der Waals surface area contributed by atoms with E-state index in [9.17, 15) is 9.59 Å². The average molecular weight is 450 g/mol. The fourth-order valence-electron chi connectivity index (χ4n) is 2.97. The highest BCUT2D eigenvalue weighted by Gasteiger charge is 2.18. The van der Waals surface area contributed by atoms with Crippen LogP contribution in [0.15, 0.2) is 75.6 Å². The molecule has 0 saturated heterocycles. The zero-order chi connectivity index (χ0) is 20.4. The van der Waals surface area contributed by atoms with Gasteiger partial charge >= 0.3 is 5.97 Å². The number of aromatic nitrogens is 1. The molecule has 0 unspecified atom stereocenters. The van der Waals surface area contributed by atoms with E-state index in [0.717, 1.165) is 10.2 Å². The number of aryl methyl sites for hydroxylation is 1. The number of esters is 1. The van der Waals surface area contributed by atoms with Gasteiger partial charge in [0.2, 0.25) is 0 Å². The molecule has 5 nitrogen and oxygen atoms in total. The molecule has 4 rings (SSSR count). The molecule has 29 heavy (non-hydrogen) atoms. The Morgan fingerprint density at radius 1 is 1.03 bits per heavy atom. The Balaban J connectivity index is 1.62. The second-order valence-electron chi connectivity index (χ2n) is 6.49. The smallest absolute Gasteiger partial charge is 0.339 e. The van der Waals surface area contributed by atoms with E-state index in [0.29, 0.717) is 33.5 Å². The minimum Gasteiger partial charge on any atom is -0.460 e. The van der Waals surface area contributed by atoms with E-state index in [1.807, 2.05) is 31.2 Å². The molecule has 144 valence electrons. The molecule has 0 bridgehead atoms. The summed E-state index contributed by atoms with van der Waals surface area (Å²) in [5.74, 6) is 0.456. The molecule has 0 atom stereocenters. The number of nitrogens with zero attached hydrogens (tertiary/aromatic N) is 1. The Hall–Kier alpha value is -3.25. The molecule has 0 aliphatic rings. The van der Waals surface area contributed by atoms with Crippen LogP contribution < -0.4 is 0 Å². The van der Waals surface area contributed by atoms with Crippen molar-refractivity contribution in [3.63, 3.8) is 0 Å². The Kier molecular flexibility index (Phi) is 5.27. The Labute approximate surface area is 175 Å². The maximum absolute atomic E-state index is 12.8. The number of benzene rings is 2. The largest absolute Gasteiger partial charge is 0.460 e. The Morgan fingerprint density at radius 3 is 2.52 bits per heavy atom. The Morgan fingerprint density at radius 2 is 1.79 bits per heavy atom. The highest BCUT2D eigenvalue weighted by Crippen LogP contribution is 2.26. The van der Waals surface area contributed by atoms with Crippen LogP contribution in [-0.4, -0.2) is 23.3 Å². The number of carbonyl (C=O) groups excluding carboxylic acids is 2. The maximum Gasteiger partial charge on any atom is 0.339 e. The van der Waals surface area contributed by atoms with Crippen LogP contribution in [0.25, 0.3) is 22.4 Å². The van der Waals surface area contributed by atoms with E-state index in [1.165, 1.54) is 0 Å². The third-order valence-electron chi connectivity index (χ3n) is 4.43. The first-order valence-electron chi connectivity index (χ1n) is 8.94. The van der Waals surface area contributed by atoms with Crippen molar-refractivity contribution in [1.29, 1.82) is 0 Å². The molecule has 0 aliphatic heterocycles. The van der Waals surface area contributed by atoms with Crippen LogP contribution in [0.3, 0.4) is 0 Å². The lowest BCUT2D eigenvalue weighted by atomic mass is 10.1. The lowest BCUT2D eigenvalue weighted by molar-refractivity contribution is 0.0476. The lowest BCUT2D eigenvalue weighted by Gasteiger charge is -2.09. The number of ether oxygens (including phenoxy) is 1. The quantitative estimate of drug-likeness (QED) is 0.292. The van der Waals surface area contributed by atoms with Gasteiger partial charge in [0.15, 0.2) is 18.2 Å². The van der Waals surface area contributed by atoms with Gasteiger partial charge in [0.1, 0.15) is 11.5 Å². The molecule has 0 radical (unpaired) electrons. The summed E-state index contributed by atoms with van der Waals surface area (Å²) in [5.41, 5.74) is 1.99. The minimum atomic E-state index is -0.585. The number of fused-ring (bicyclic) bond motifs is 1. The summed E-state index contributed by atoms with van der Waals surface area (Å²) in [6.45, 7) is 1.50. The number of furan rings is 1. The number of hydrogen-bond acceptors (Lipinski definition) is 5. The van der Waals surface area contributed by atoms with Crippen LogP contribution in [0.2, 0.25) is 0 Å². The summed E-state index contributed by atoms with van der Waals surface area (Å²) in [5, 5.41) is 0.653. The molecule has 2 heterocycles. The number of hydrogen-bond donors (Lipinski definition) is 0. The van der Waals surface area contributed by atoms with Crippen molar-refractivity contribution < 1.29 is 18.7 Å². The van der Waals surface area contributed by atoms with Gasteiger partial charge in [0.25, 0.3) is 0 Å². The molecule has 0 saturated carbocycles. The first-order chi connectivity index (χ1) is 14.0. The third kappa shape index (κ3) is 4.12. The molecule has 4 aromatic rings. The highest BCUT2D eigenvalue weighted by molar-refractivity contribution is 9.10. The van der Waals surface area contributed by atoms with Gasteiger partial charge in [-0.15, -0.1) is 0 Å². The van der Waals surface area contributed by atoms with Gasteiger partial charge in [-0.3, -0.25) is 4.79 Å². The summed E-state index contributed by atoms with van der Waals surface area (Å²) in [6, 6.07) is 19.5. The van der Waals surface area contributed by atoms with Gasteiger partial charge in [-0.1, -0.05) is 46.3 Å². The van der Waals surface area contributed by atoms with Crippen molar-refractivity contribution in [3.05, 3.63) is 88.1 Å². The summed E-state index contributed by atoms with van der Waals surface area (Å²) in [6.07, 6.45) is 0. The van der Waals surface area contributed by atoms with Gasteiger partial charge in [0, 0.05) is 15.4 Å². The van der Waals surface area contributed by atoms with E-state index in [1.54, 1.807) is 42.5 Å². The second-order valence-corrected chi connectivity index (χ2v) is 7.40. The summed E-state index contributed by atoms with van der Waals surface area (Å²) < 4.78 is 11.8. The summed E-state index contributed by atoms with van der Waals surface area (Å²) in [7, 11) is 0. The SMILES string of the molecule is Cc1ccc(-c2cc(C(=O)OCC(=O)c3ccc(Br)cc3)c3ccccc3n2)o1. The predicted octanol–water partition coefficient (Wildman–Crippen LogP) is 5.61. The van der Waals surface area contributed by atoms with Crippen LogP contribution in [0.4, 0.5) is 0 Å². The number of rotatable bonds is 5. The average Bonchev–Trinajstić information content (AvgIpc) is 3.18. The fraction of sp³-hybridized carbons (Fsp3) is 0.0870. The zero-order valence-electron chi connectivity index (χ0n) is 15.5. The highest BCUT2D eigenvalue weighted by atomic mass is 79.9. The third-order valence-corrected chi connectivity index (χ3v) is 4.96. The molecule has 0 fully saturated rings. The van der Waals surface area contributed by atoms with Crippen molar-refractivity contribution in [2.75, 3.05) is 6.61 Å². The van der Waals surface area contributed by atoms with E-state index in [2.05, 4.69) is 20.9 Å². The first-order valence-corrected chi connectivity index (χ1v) is 9.73. The van der Waals surface area contributed by atoms with Crippen molar-refractivity contribution in [3.8, 4) is 11.5 Å². The monoisotopic (exact) mass is 449 g/mol. The topological polar surface area (TPSA) is 69.4 Å². The summed E-state index contributed by atoms with van der Waals surface area (Å²) in [4.78, 5) is 29.7. The van der Waals surface area contributed by atoms with E-state index >= 15 is 0 Å². The fourth-order valence-corrected chi connectivity index (χ4v) is 3.23. The van der Waals surface area contributed by atoms with E-state index in [4.69, 9.17) is 9.15 Å². The maximum atomic E-state index is 12.8. The molecule has 2 aromatic carbocycles. The minimum absolute atomic E-state index is 0.272. The second kappa shape index (κ2) is 8.01. The summed E-state index contributed by atoms with van der Waals surface area (Å²) >= 11 is 3.33. The number of pyridine rings is 1. The van der Waals surface area contributed by atoms with Gasteiger partial charge in [-0.05, 0) is 43.3 Å². The van der Waals surface area contributed by atoms with Crippen LogP contribution in [-0.2, 0) is 4.74 Å². The molecule has 0 aliphatic carbocycles. The molecule has 6 heteroatoms. The van der Waals surface area contributed by atoms with Gasteiger partial charge < -0.3 is 9.15 Å². The molecular formula is C23H16BrNO4. The van der Waals surface area contributed by atoms with Crippen molar-refractivity contribution in [2.45, 2.75) is 6.92 Å². The molecule has 2 aromatic heterocycles. The van der Waals surface area contributed by atoms with Crippen molar-refractivity contribution in [2.24, 2.45) is 0 Å². The van der Waals surface area contributed by atoms with Gasteiger partial charge in [0.05, 0.1) is 11.1 Å². The molecule has 0 amide bonds. The number of para-hydroxylation sites is 1. The molecule has 0 N–H and O–H groups in total.